The number of nitrogens with two attached hydrogens (primary N) is 1. The molecule has 21 heavy (non-hydrogen) atoms. The minimum Gasteiger partial charge on any atom is -0.489 e. The lowest BCUT2D eigenvalue weighted by Gasteiger charge is -2.18. The lowest BCUT2D eigenvalue weighted by atomic mass is 10.1. The first-order valence-electron chi connectivity index (χ1n) is 6.97. The molecule has 0 aromatic heterocycles. The van der Waals surface area contributed by atoms with Crippen LogP contribution in [0.2, 0.25) is 0 Å². The van der Waals surface area contributed by atoms with Gasteiger partial charge in [-0.15, -0.1) is 0 Å². The maximum absolute atomic E-state index is 6.21. The van der Waals surface area contributed by atoms with Crippen LogP contribution in [0.15, 0.2) is 34.8 Å². The number of halogens is 1. The topological polar surface area (TPSA) is 47.3 Å². The van der Waals surface area contributed by atoms with Crippen LogP contribution >= 0.6 is 15.9 Å². The molecule has 0 atom stereocenters. The molecule has 2 rings (SSSR count). The second-order valence-corrected chi connectivity index (χ2v) is 6.34. The summed E-state index contributed by atoms with van der Waals surface area (Å²) in [6, 6.07) is 9.96. The molecular weight excluding hydrogens is 328 g/mol. The molecule has 0 spiro atoms. The number of nitrogens with one attached hydrogen (secondary N) is 1. The molecule has 0 saturated heterocycles. The third-order valence-corrected chi connectivity index (χ3v) is 3.64. The van der Waals surface area contributed by atoms with Crippen LogP contribution in [0.4, 0.5) is 17.1 Å². The third kappa shape index (κ3) is 3.70. The standard InChI is InChI=1S/C17H21BrN2O/c1-10(2)21-15-7-5-6-14(16(15)19)20-17-11(3)8-13(18)9-12(17)4/h5-10,20H,19H2,1-4H3. The highest BCUT2D eigenvalue weighted by molar-refractivity contribution is 9.10. The Morgan fingerprint density at radius 1 is 1.14 bits per heavy atom. The summed E-state index contributed by atoms with van der Waals surface area (Å²) in [7, 11) is 0. The van der Waals surface area contributed by atoms with Crippen LogP contribution in [0.5, 0.6) is 5.75 Å². The molecule has 4 heteroatoms. The number of benzene rings is 2. The van der Waals surface area contributed by atoms with Crippen LogP contribution in [-0.4, -0.2) is 6.10 Å². The molecule has 0 radical (unpaired) electrons. The van der Waals surface area contributed by atoms with Crippen LogP contribution in [0.25, 0.3) is 0 Å². The molecule has 0 amide bonds. The number of anilines is 3. The van der Waals surface area contributed by atoms with Gasteiger partial charge in [0.1, 0.15) is 5.75 Å². The number of para-hydroxylation sites is 1. The van der Waals surface area contributed by atoms with E-state index in [1.165, 1.54) is 0 Å². The molecule has 3 nitrogen and oxygen atoms in total. The molecule has 3 N–H and O–H groups in total. The number of nitrogen functional groups attached to an aromatic ring is 1. The van der Waals surface area contributed by atoms with E-state index < -0.39 is 0 Å². The van der Waals surface area contributed by atoms with Crippen molar-refractivity contribution in [2.24, 2.45) is 0 Å². The summed E-state index contributed by atoms with van der Waals surface area (Å²) >= 11 is 3.51. The van der Waals surface area contributed by atoms with Gasteiger partial charge in [-0.05, 0) is 63.1 Å². The van der Waals surface area contributed by atoms with Gasteiger partial charge in [-0.1, -0.05) is 22.0 Å². The lowest BCUT2D eigenvalue weighted by Crippen LogP contribution is -2.08. The Balaban J connectivity index is 2.36. The van der Waals surface area contributed by atoms with E-state index in [4.69, 9.17) is 10.5 Å². The fourth-order valence-corrected chi connectivity index (χ4v) is 2.94. The van der Waals surface area contributed by atoms with Gasteiger partial charge in [0.05, 0.1) is 17.5 Å². The summed E-state index contributed by atoms with van der Waals surface area (Å²) in [6.07, 6.45) is 0.0960. The average molecular weight is 349 g/mol. The Labute approximate surface area is 134 Å². The Kier molecular flexibility index (Phi) is 4.78. The van der Waals surface area contributed by atoms with E-state index in [0.29, 0.717) is 11.4 Å². The Morgan fingerprint density at radius 3 is 2.33 bits per heavy atom. The SMILES string of the molecule is Cc1cc(Br)cc(C)c1Nc1cccc(OC(C)C)c1N. The van der Waals surface area contributed by atoms with Gasteiger partial charge in [0.2, 0.25) is 0 Å². The molecular formula is C17H21BrN2O. The Morgan fingerprint density at radius 2 is 1.76 bits per heavy atom. The minimum atomic E-state index is 0.0960. The molecule has 2 aromatic rings. The highest BCUT2D eigenvalue weighted by Crippen LogP contribution is 2.35. The number of rotatable bonds is 4. The van der Waals surface area contributed by atoms with Crippen molar-refractivity contribution in [3.63, 3.8) is 0 Å². The van der Waals surface area contributed by atoms with Gasteiger partial charge >= 0.3 is 0 Å². The monoisotopic (exact) mass is 348 g/mol. The Bertz CT molecular complexity index is 630. The summed E-state index contributed by atoms with van der Waals surface area (Å²) in [5.74, 6) is 0.711. The fraction of sp³-hybridized carbons (Fsp3) is 0.294. The summed E-state index contributed by atoms with van der Waals surface area (Å²) in [5, 5.41) is 3.42. The maximum atomic E-state index is 6.21. The van der Waals surface area contributed by atoms with Crippen molar-refractivity contribution in [1.29, 1.82) is 0 Å². The molecule has 0 aliphatic carbocycles. The molecule has 0 unspecified atom stereocenters. The smallest absolute Gasteiger partial charge is 0.144 e. The first-order chi connectivity index (χ1) is 9.88. The first kappa shape index (κ1) is 15.7. The summed E-state index contributed by atoms with van der Waals surface area (Å²) in [4.78, 5) is 0. The molecule has 0 heterocycles. The number of ether oxygens (including phenoxy) is 1. The second kappa shape index (κ2) is 6.39. The van der Waals surface area contributed by atoms with E-state index in [1.807, 2.05) is 32.0 Å². The summed E-state index contributed by atoms with van der Waals surface area (Å²) in [5.41, 5.74) is 11.1. The van der Waals surface area contributed by atoms with Gasteiger partial charge in [-0.3, -0.25) is 0 Å². The van der Waals surface area contributed by atoms with Crippen LogP contribution in [-0.2, 0) is 0 Å². The van der Waals surface area contributed by atoms with Crippen molar-refractivity contribution < 1.29 is 4.74 Å². The predicted molar refractivity (Wildman–Crippen MR) is 93.5 cm³/mol. The number of hydrogen-bond donors (Lipinski definition) is 2. The number of aryl methyl sites for hydroxylation is 2. The van der Waals surface area contributed by atoms with E-state index >= 15 is 0 Å². The maximum Gasteiger partial charge on any atom is 0.144 e. The quantitative estimate of drug-likeness (QED) is 0.748. The lowest BCUT2D eigenvalue weighted by molar-refractivity contribution is 0.244. The van der Waals surface area contributed by atoms with Gasteiger partial charge in [-0.25, -0.2) is 0 Å². The van der Waals surface area contributed by atoms with E-state index in [1.54, 1.807) is 0 Å². The first-order valence-corrected chi connectivity index (χ1v) is 7.76. The van der Waals surface area contributed by atoms with Crippen molar-refractivity contribution in [3.8, 4) is 5.75 Å². The van der Waals surface area contributed by atoms with Crippen molar-refractivity contribution >= 4 is 33.0 Å². The molecule has 2 aromatic carbocycles. The van der Waals surface area contributed by atoms with Crippen LogP contribution < -0.4 is 15.8 Å². The van der Waals surface area contributed by atoms with Crippen molar-refractivity contribution in [2.75, 3.05) is 11.1 Å². The second-order valence-electron chi connectivity index (χ2n) is 5.42. The number of hydrogen-bond acceptors (Lipinski definition) is 3. The van der Waals surface area contributed by atoms with Crippen molar-refractivity contribution in [3.05, 3.63) is 45.9 Å². The molecule has 0 fully saturated rings. The van der Waals surface area contributed by atoms with Gasteiger partial charge in [0.15, 0.2) is 0 Å². The largest absolute Gasteiger partial charge is 0.489 e. The predicted octanol–water partition coefficient (Wildman–Crippen LogP) is 5.18. The van der Waals surface area contributed by atoms with E-state index in [0.717, 1.165) is 27.0 Å². The van der Waals surface area contributed by atoms with E-state index in [2.05, 4.69) is 47.2 Å². The summed E-state index contributed by atoms with van der Waals surface area (Å²) < 4.78 is 6.81. The summed E-state index contributed by atoms with van der Waals surface area (Å²) in [6.45, 7) is 8.13. The molecule has 0 aliphatic rings. The van der Waals surface area contributed by atoms with Crippen LogP contribution in [0.3, 0.4) is 0 Å². The molecule has 0 saturated carbocycles. The van der Waals surface area contributed by atoms with Gasteiger partial charge in [0.25, 0.3) is 0 Å². The third-order valence-electron chi connectivity index (χ3n) is 3.19. The molecule has 112 valence electrons. The van der Waals surface area contributed by atoms with E-state index in [-0.39, 0.29) is 6.10 Å². The van der Waals surface area contributed by atoms with Crippen molar-refractivity contribution in [2.45, 2.75) is 33.8 Å². The van der Waals surface area contributed by atoms with Crippen LogP contribution in [0, 0.1) is 13.8 Å². The van der Waals surface area contributed by atoms with Crippen molar-refractivity contribution in [1.82, 2.24) is 0 Å². The average Bonchev–Trinajstić information content (AvgIpc) is 2.37. The van der Waals surface area contributed by atoms with E-state index in [9.17, 15) is 0 Å². The minimum absolute atomic E-state index is 0.0960. The van der Waals surface area contributed by atoms with Gasteiger partial charge < -0.3 is 15.8 Å². The zero-order chi connectivity index (χ0) is 15.6. The van der Waals surface area contributed by atoms with Crippen LogP contribution in [0.1, 0.15) is 25.0 Å². The highest BCUT2D eigenvalue weighted by atomic mass is 79.9. The molecule has 0 aliphatic heterocycles. The highest BCUT2D eigenvalue weighted by Gasteiger charge is 2.10. The zero-order valence-corrected chi connectivity index (χ0v) is 14.4. The fourth-order valence-electron chi connectivity index (χ4n) is 2.25. The zero-order valence-electron chi connectivity index (χ0n) is 12.8. The molecule has 0 bridgehead atoms. The normalized spacial score (nSPS) is 10.8. The van der Waals surface area contributed by atoms with Gasteiger partial charge in [0, 0.05) is 10.2 Å². The Hall–Kier alpha value is -1.68. The van der Waals surface area contributed by atoms with Gasteiger partial charge in [-0.2, -0.15) is 0 Å².